The number of carbonyl (C=O) groups excluding carboxylic acids is 1. The first kappa shape index (κ1) is 14.7. The highest BCUT2D eigenvalue weighted by atomic mass is 32.2. The molecular formula is C12H17N3O4S. The SMILES string of the molecule is COC(=O)c1nc(C)cc(NC2CCCS(=O)(=O)C2)n1. The van der Waals surface area contributed by atoms with Gasteiger partial charge in [-0.2, -0.15) is 0 Å². The second-order valence-corrected chi connectivity index (χ2v) is 7.04. The molecule has 8 heteroatoms. The third kappa shape index (κ3) is 3.66. The summed E-state index contributed by atoms with van der Waals surface area (Å²) >= 11 is 0. The standard InChI is InChI=1S/C12H17N3O4S/c1-8-6-10(15-11(13-8)12(16)19-2)14-9-4-3-5-20(17,18)7-9/h6,9H,3-5,7H2,1-2H3,(H,13,14,15). The summed E-state index contributed by atoms with van der Waals surface area (Å²) in [6.45, 7) is 1.73. The van der Waals surface area contributed by atoms with Crippen molar-refractivity contribution < 1.29 is 17.9 Å². The number of hydrogen-bond acceptors (Lipinski definition) is 7. The fraction of sp³-hybridized carbons (Fsp3) is 0.583. The number of aromatic nitrogens is 2. The predicted octanol–water partition coefficient (Wildman–Crippen LogP) is 0.561. The van der Waals surface area contributed by atoms with Crippen molar-refractivity contribution in [3.8, 4) is 0 Å². The summed E-state index contributed by atoms with van der Waals surface area (Å²) in [4.78, 5) is 19.5. The van der Waals surface area contributed by atoms with Gasteiger partial charge in [0, 0.05) is 17.8 Å². The number of sulfone groups is 1. The molecule has 110 valence electrons. The first-order valence-corrected chi connectivity index (χ1v) is 8.13. The fourth-order valence-corrected chi connectivity index (χ4v) is 3.81. The van der Waals surface area contributed by atoms with E-state index in [1.807, 2.05) is 0 Å². The van der Waals surface area contributed by atoms with Crippen LogP contribution < -0.4 is 5.32 Å². The number of carbonyl (C=O) groups is 1. The third-order valence-corrected chi connectivity index (χ3v) is 4.86. The number of hydrogen-bond donors (Lipinski definition) is 1. The third-order valence-electron chi connectivity index (χ3n) is 3.04. The maximum absolute atomic E-state index is 11.6. The predicted molar refractivity (Wildman–Crippen MR) is 73.4 cm³/mol. The molecule has 1 unspecified atom stereocenters. The molecular weight excluding hydrogens is 282 g/mol. The maximum Gasteiger partial charge on any atom is 0.376 e. The molecule has 1 fully saturated rings. The zero-order chi connectivity index (χ0) is 14.8. The van der Waals surface area contributed by atoms with Gasteiger partial charge in [0.2, 0.25) is 5.82 Å². The molecule has 0 radical (unpaired) electrons. The largest absolute Gasteiger partial charge is 0.463 e. The van der Waals surface area contributed by atoms with Crippen molar-refractivity contribution in [3.05, 3.63) is 17.6 Å². The van der Waals surface area contributed by atoms with Crippen LogP contribution in [-0.2, 0) is 14.6 Å². The van der Waals surface area contributed by atoms with Crippen molar-refractivity contribution in [1.29, 1.82) is 0 Å². The zero-order valence-electron chi connectivity index (χ0n) is 11.4. The molecule has 1 aliphatic heterocycles. The molecule has 0 saturated carbocycles. The van der Waals surface area contributed by atoms with E-state index >= 15 is 0 Å². The Morgan fingerprint density at radius 1 is 1.45 bits per heavy atom. The number of ether oxygens (including phenoxy) is 1. The van der Waals surface area contributed by atoms with Gasteiger partial charge in [-0.05, 0) is 19.8 Å². The number of anilines is 1. The Balaban J connectivity index is 2.17. The summed E-state index contributed by atoms with van der Waals surface area (Å²) in [5.41, 5.74) is 0.613. The molecule has 7 nitrogen and oxygen atoms in total. The molecule has 1 saturated heterocycles. The number of rotatable bonds is 3. The first-order valence-electron chi connectivity index (χ1n) is 6.30. The molecule has 20 heavy (non-hydrogen) atoms. The van der Waals surface area contributed by atoms with Crippen molar-refractivity contribution in [2.45, 2.75) is 25.8 Å². The Kier molecular flexibility index (Phi) is 4.22. The molecule has 2 heterocycles. The highest BCUT2D eigenvalue weighted by Crippen LogP contribution is 2.17. The number of nitrogens with zero attached hydrogens (tertiary/aromatic N) is 2. The van der Waals surface area contributed by atoms with E-state index in [1.54, 1.807) is 13.0 Å². The van der Waals surface area contributed by atoms with Gasteiger partial charge in [-0.1, -0.05) is 0 Å². The average Bonchev–Trinajstić information content (AvgIpc) is 2.35. The van der Waals surface area contributed by atoms with Gasteiger partial charge in [0.1, 0.15) is 5.82 Å². The van der Waals surface area contributed by atoms with Crippen LogP contribution in [0.15, 0.2) is 6.07 Å². The van der Waals surface area contributed by atoms with E-state index in [0.29, 0.717) is 17.9 Å². The van der Waals surface area contributed by atoms with Gasteiger partial charge in [-0.3, -0.25) is 0 Å². The molecule has 0 amide bonds. The molecule has 1 aromatic heterocycles. The van der Waals surface area contributed by atoms with Crippen LogP contribution in [0.2, 0.25) is 0 Å². The minimum Gasteiger partial charge on any atom is -0.463 e. The number of aryl methyl sites for hydroxylation is 1. The summed E-state index contributed by atoms with van der Waals surface area (Å²) in [5, 5.41) is 3.06. The molecule has 0 aliphatic carbocycles. The second kappa shape index (κ2) is 5.74. The quantitative estimate of drug-likeness (QED) is 0.814. The monoisotopic (exact) mass is 299 g/mol. The minimum absolute atomic E-state index is 0.0336. The Bertz CT molecular complexity index is 615. The van der Waals surface area contributed by atoms with E-state index in [2.05, 4.69) is 20.0 Å². The highest BCUT2D eigenvalue weighted by molar-refractivity contribution is 7.91. The normalized spacial score (nSPS) is 21.2. The topological polar surface area (TPSA) is 98.2 Å². The van der Waals surface area contributed by atoms with E-state index < -0.39 is 15.8 Å². The Morgan fingerprint density at radius 3 is 2.85 bits per heavy atom. The van der Waals surface area contributed by atoms with Crippen LogP contribution in [0.25, 0.3) is 0 Å². The van der Waals surface area contributed by atoms with E-state index in [9.17, 15) is 13.2 Å². The molecule has 1 aromatic rings. The summed E-state index contributed by atoms with van der Waals surface area (Å²) < 4.78 is 27.8. The minimum atomic E-state index is -2.99. The van der Waals surface area contributed by atoms with Crippen LogP contribution in [0, 0.1) is 6.92 Å². The molecule has 1 N–H and O–H groups in total. The number of nitrogens with one attached hydrogen (secondary N) is 1. The van der Waals surface area contributed by atoms with Crippen LogP contribution >= 0.6 is 0 Å². The van der Waals surface area contributed by atoms with Crippen molar-refractivity contribution in [2.24, 2.45) is 0 Å². The summed E-state index contributed by atoms with van der Waals surface area (Å²) in [6, 6.07) is 1.49. The number of methoxy groups -OCH3 is 1. The van der Waals surface area contributed by atoms with Crippen LogP contribution in [0.4, 0.5) is 5.82 Å². The van der Waals surface area contributed by atoms with Crippen molar-refractivity contribution >= 4 is 21.6 Å². The molecule has 1 aliphatic rings. The van der Waals surface area contributed by atoms with Gasteiger partial charge >= 0.3 is 5.97 Å². The van der Waals surface area contributed by atoms with Gasteiger partial charge in [0.05, 0.1) is 18.6 Å². The lowest BCUT2D eigenvalue weighted by atomic mass is 10.2. The lowest BCUT2D eigenvalue weighted by Gasteiger charge is -2.23. The Hall–Kier alpha value is -1.70. The van der Waals surface area contributed by atoms with Gasteiger partial charge in [-0.15, -0.1) is 0 Å². The zero-order valence-corrected chi connectivity index (χ0v) is 12.2. The van der Waals surface area contributed by atoms with Crippen LogP contribution in [0.1, 0.15) is 29.2 Å². The lowest BCUT2D eigenvalue weighted by Crippen LogP contribution is -2.35. The van der Waals surface area contributed by atoms with Crippen LogP contribution in [-0.4, -0.2) is 49.0 Å². The Morgan fingerprint density at radius 2 is 2.20 bits per heavy atom. The van der Waals surface area contributed by atoms with Crippen LogP contribution in [0.3, 0.4) is 0 Å². The molecule has 0 bridgehead atoms. The summed E-state index contributed by atoms with van der Waals surface area (Å²) in [7, 11) is -1.73. The molecule has 0 spiro atoms. The first-order chi connectivity index (χ1) is 9.39. The average molecular weight is 299 g/mol. The van der Waals surface area contributed by atoms with E-state index in [0.717, 1.165) is 6.42 Å². The van der Waals surface area contributed by atoms with Gasteiger partial charge in [0.25, 0.3) is 0 Å². The van der Waals surface area contributed by atoms with E-state index in [-0.39, 0.29) is 23.4 Å². The summed E-state index contributed by atoms with van der Waals surface area (Å²) in [6.07, 6.45) is 1.39. The van der Waals surface area contributed by atoms with Crippen LogP contribution in [0.5, 0.6) is 0 Å². The van der Waals surface area contributed by atoms with Gasteiger partial charge in [0.15, 0.2) is 9.84 Å². The van der Waals surface area contributed by atoms with Crippen molar-refractivity contribution in [3.63, 3.8) is 0 Å². The summed E-state index contributed by atoms with van der Waals surface area (Å²) in [5.74, 6) is 0.118. The fourth-order valence-electron chi connectivity index (χ4n) is 2.17. The molecule has 1 atom stereocenters. The number of esters is 1. The molecule has 0 aromatic carbocycles. The van der Waals surface area contributed by atoms with Gasteiger partial charge < -0.3 is 10.1 Å². The van der Waals surface area contributed by atoms with E-state index in [1.165, 1.54) is 7.11 Å². The highest BCUT2D eigenvalue weighted by Gasteiger charge is 2.25. The Labute approximate surface area is 117 Å². The lowest BCUT2D eigenvalue weighted by molar-refractivity contribution is 0.0586. The van der Waals surface area contributed by atoms with Crippen molar-refractivity contribution in [1.82, 2.24) is 9.97 Å². The maximum atomic E-state index is 11.6. The smallest absolute Gasteiger partial charge is 0.376 e. The molecule has 2 rings (SSSR count). The second-order valence-electron chi connectivity index (χ2n) is 4.81. The van der Waals surface area contributed by atoms with E-state index in [4.69, 9.17) is 0 Å². The van der Waals surface area contributed by atoms with Crippen molar-refractivity contribution in [2.75, 3.05) is 23.9 Å². The van der Waals surface area contributed by atoms with Gasteiger partial charge in [-0.25, -0.2) is 23.2 Å².